The van der Waals surface area contributed by atoms with E-state index in [0.29, 0.717) is 0 Å². The Bertz CT molecular complexity index is 758. The van der Waals surface area contributed by atoms with Crippen molar-refractivity contribution in [3.05, 3.63) is 39.8 Å². The third-order valence-corrected chi connectivity index (χ3v) is 2.93. The van der Waals surface area contributed by atoms with Crippen LogP contribution in [0, 0.1) is 0 Å². The summed E-state index contributed by atoms with van der Waals surface area (Å²) in [5, 5.41) is 7.14. The first-order valence-electron chi connectivity index (χ1n) is 6.30. The molecule has 2 rings (SSSR count). The van der Waals surface area contributed by atoms with Crippen molar-refractivity contribution in [2.75, 3.05) is 7.11 Å². The number of halogens is 2. The maximum absolute atomic E-state index is 13.2. The Hall–Kier alpha value is -2.82. The lowest BCUT2D eigenvalue weighted by atomic mass is 10.1. The molecule has 0 bridgehead atoms. The molecule has 23 heavy (non-hydrogen) atoms. The first-order valence-corrected chi connectivity index (χ1v) is 6.30. The smallest absolute Gasteiger partial charge is 0.431 e. The van der Waals surface area contributed by atoms with Gasteiger partial charge in [-0.3, -0.25) is 4.84 Å². The van der Waals surface area contributed by atoms with E-state index in [1.807, 2.05) is 5.48 Å². The molecule has 0 fully saturated rings. The molecule has 11 heteroatoms. The van der Waals surface area contributed by atoms with Gasteiger partial charge < -0.3 is 4.74 Å². The number of hydroxylamine groups is 1. The number of nitrogens with zero attached hydrogens (tertiary/aromatic N) is 4. The molecule has 0 radical (unpaired) electrons. The molecule has 0 atom stereocenters. The Morgan fingerprint density at radius 1 is 1.39 bits per heavy atom. The van der Waals surface area contributed by atoms with Crippen LogP contribution in [0.5, 0.6) is 0 Å². The first kappa shape index (κ1) is 16.5. The van der Waals surface area contributed by atoms with Gasteiger partial charge in [0.2, 0.25) is 0 Å². The fourth-order valence-electron chi connectivity index (χ4n) is 1.83. The van der Waals surface area contributed by atoms with Gasteiger partial charge in [-0.1, -0.05) is 12.1 Å². The van der Waals surface area contributed by atoms with Crippen LogP contribution in [0.25, 0.3) is 5.69 Å². The molecule has 1 N–H and O–H groups in total. The zero-order valence-electron chi connectivity index (χ0n) is 12.2. The molecule has 1 amide bonds. The maximum atomic E-state index is 13.2. The van der Waals surface area contributed by atoms with Crippen LogP contribution in [-0.2, 0) is 23.2 Å². The number of carbonyl (C=O) groups is 1. The second-order valence-corrected chi connectivity index (χ2v) is 4.32. The number of rotatable bonds is 5. The number of alkyl halides is 2. The molecule has 0 aliphatic rings. The van der Waals surface area contributed by atoms with Crippen LogP contribution in [0.1, 0.15) is 17.6 Å². The van der Waals surface area contributed by atoms with Crippen molar-refractivity contribution < 1.29 is 23.1 Å². The van der Waals surface area contributed by atoms with Crippen LogP contribution in [0.15, 0.2) is 23.0 Å². The Balaban J connectivity index is 2.42. The number of amides is 1. The number of hydrogen-bond acceptors (Lipinski definition) is 6. The van der Waals surface area contributed by atoms with Crippen LogP contribution in [-0.4, -0.2) is 33.0 Å². The van der Waals surface area contributed by atoms with E-state index in [4.69, 9.17) is 4.84 Å². The Morgan fingerprint density at radius 2 is 2.13 bits per heavy atom. The lowest BCUT2D eigenvalue weighted by Gasteiger charge is -2.13. The molecule has 1 aromatic heterocycles. The monoisotopic (exact) mass is 329 g/mol. The number of carbonyl (C=O) groups excluding carboxylic acids is 1. The highest BCUT2D eigenvalue weighted by Crippen LogP contribution is 2.27. The van der Waals surface area contributed by atoms with Crippen LogP contribution >= 0.6 is 0 Å². The standard InChI is InChI=1S/C12H13F2N5O4/c1-18-12(21)19(17-16-18)9-5-3-4-7(10(13)14)8(9)6-23-15-11(20)22-2/h3-5,10H,6H2,1-2H3,(H,15,20). The molecule has 0 saturated heterocycles. The van der Waals surface area contributed by atoms with Gasteiger partial charge in [0.1, 0.15) is 6.61 Å². The normalized spacial score (nSPS) is 10.8. The van der Waals surface area contributed by atoms with E-state index in [0.717, 1.165) is 16.5 Å². The predicted molar refractivity (Wildman–Crippen MR) is 71.9 cm³/mol. The molecular weight excluding hydrogens is 316 g/mol. The average molecular weight is 329 g/mol. The summed E-state index contributed by atoms with van der Waals surface area (Å²) in [6.07, 6.45) is -3.70. The van der Waals surface area contributed by atoms with E-state index in [-0.39, 0.29) is 16.8 Å². The highest BCUT2D eigenvalue weighted by atomic mass is 19.3. The van der Waals surface area contributed by atoms with Gasteiger partial charge in [0.15, 0.2) is 0 Å². The summed E-state index contributed by atoms with van der Waals surface area (Å²) in [6, 6.07) is 3.96. The largest absolute Gasteiger partial charge is 0.451 e. The molecule has 0 spiro atoms. The van der Waals surface area contributed by atoms with Crippen LogP contribution in [0.4, 0.5) is 13.6 Å². The lowest BCUT2D eigenvalue weighted by molar-refractivity contribution is 0.0234. The minimum absolute atomic E-state index is 0.0125. The lowest BCUT2D eigenvalue weighted by Crippen LogP contribution is -2.26. The molecule has 0 saturated carbocycles. The van der Waals surface area contributed by atoms with Crippen LogP contribution in [0.2, 0.25) is 0 Å². The first-order chi connectivity index (χ1) is 11.0. The van der Waals surface area contributed by atoms with E-state index in [2.05, 4.69) is 15.2 Å². The molecule has 0 aliphatic carbocycles. The molecule has 2 aromatic rings. The highest BCUT2D eigenvalue weighted by Gasteiger charge is 2.20. The van der Waals surface area contributed by atoms with Gasteiger partial charge in [-0.25, -0.2) is 18.4 Å². The number of tetrazole rings is 1. The summed E-state index contributed by atoms with van der Waals surface area (Å²) < 4.78 is 32.5. The Labute approximate surface area is 128 Å². The van der Waals surface area contributed by atoms with Crippen LogP contribution in [0.3, 0.4) is 0 Å². The number of aryl methyl sites for hydroxylation is 1. The minimum Gasteiger partial charge on any atom is -0.451 e. The zero-order valence-corrected chi connectivity index (χ0v) is 12.2. The van der Waals surface area contributed by atoms with Gasteiger partial charge in [0.25, 0.3) is 6.43 Å². The Morgan fingerprint density at radius 3 is 2.70 bits per heavy atom. The predicted octanol–water partition coefficient (Wildman–Crippen LogP) is 0.691. The number of ether oxygens (including phenoxy) is 1. The summed E-state index contributed by atoms with van der Waals surface area (Å²) in [5.74, 6) is 0. The van der Waals surface area contributed by atoms with Crippen molar-refractivity contribution in [3.8, 4) is 5.69 Å². The third kappa shape index (κ3) is 3.51. The van der Waals surface area contributed by atoms with Gasteiger partial charge >= 0.3 is 11.8 Å². The number of benzene rings is 1. The van der Waals surface area contributed by atoms with Crippen molar-refractivity contribution in [2.24, 2.45) is 7.05 Å². The van der Waals surface area contributed by atoms with Gasteiger partial charge in [-0.15, -0.1) is 0 Å². The number of methoxy groups -OCH3 is 1. The van der Waals surface area contributed by atoms with Crippen LogP contribution < -0.4 is 11.2 Å². The molecule has 1 heterocycles. The number of hydrogen-bond donors (Lipinski definition) is 1. The van der Waals surface area contributed by atoms with Crippen molar-refractivity contribution >= 4 is 6.09 Å². The van der Waals surface area contributed by atoms with Crippen molar-refractivity contribution in [1.82, 2.24) is 25.3 Å². The summed E-state index contributed by atoms with van der Waals surface area (Å²) in [6.45, 7) is -0.423. The van der Waals surface area contributed by atoms with E-state index in [1.165, 1.54) is 25.2 Å². The van der Waals surface area contributed by atoms with E-state index < -0.39 is 24.8 Å². The Kier molecular flexibility index (Phi) is 5.01. The minimum atomic E-state index is -2.81. The molecule has 0 unspecified atom stereocenters. The molecule has 124 valence electrons. The van der Waals surface area contributed by atoms with Crippen molar-refractivity contribution in [1.29, 1.82) is 0 Å². The van der Waals surface area contributed by atoms with E-state index in [9.17, 15) is 18.4 Å². The van der Waals surface area contributed by atoms with Crippen molar-refractivity contribution in [3.63, 3.8) is 0 Å². The summed E-state index contributed by atoms with van der Waals surface area (Å²) in [7, 11) is 2.49. The summed E-state index contributed by atoms with van der Waals surface area (Å²) in [4.78, 5) is 27.7. The third-order valence-electron chi connectivity index (χ3n) is 2.93. The topological polar surface area (TPSA) is 100 Å². The van der Waals surface area contributed by atoms with Gasteiger partial charge in [-0.2, -0.15) is 14.8 Å². The van der Waals surface area contributed by atoms with E-state index >= 15 is 0 Å². The summed E-state index contributed by atoms with van der Waals surface area (Å²) >= 11 is 0. The molecular formula is C12H13F2N5O4. The number of aromatic nitrogens is 4. The van der Waals surface area contributed by atoms with Crippen molar-refractivity contribution in [2.45, 2.75) is 13.0 Å². The van der Waals surface area contributed by atoms with E-state index in [1.54, 1.807) is 0 Å². The SMILES string of the molecule is COC(=O)NOCc1c(C(F)F)cccc1-n1nnn(C)c1=O. The molecule has 9 nitrogen and oxygen atoms in total. The zero-order chi connectivity index (χ0) is 17.0. The molecule has 1 aromatic carbocycles. The highest BCUT2D eigenvalue weighted by molar-refractivity contribution is 5.65. The second kappa shape index (κ2) is 6.96. The maximum Gasteiger partial charge on any atom is 0.431 e. The van der Waals surface area contributed by atoms with Gasteiger partial charge in [-0.05, 0) is 16.5 Å². The molecule has 0 aliphatic heterocycles. The quantitative estimate of drug-likeness (QED) is 0.810. The average Bonchev–Trinajstić information content (AvgIpc) is 2.86. The van der Waals surface area contributed by atoms with Gasteiger partial charge in [0, 0.05) is 18.2 Å². The second-order valence-electron chi connectivity index (χ2n) is 4.32. The fraction of sp³-hybridized carbons (Fsp3) is 0.333. The summed E-state index contributed by atoms with van der Waals surface area (Å²) in [5.41, 5.74) is 1.01. The number of nitrogens with one attached hydrogen (secondary N) is 1. The van der Waals surface area contributed by atoms with Gasteiger partial charge in [0.05, 0.1) is 12.8 Å². The fourth-order valence-corrected chi connectivity index (χ4v) is 1.83.